The number of nitrogens with zero attached hydrogens (tertiary/aromatic N) is 3. The summed E-state index contributed by atoms with van der Waals surface area (Å²) in [5.41, 5.74) is 0.449. The van der Waals surface area contributed by atoms with Gasteiger partial charge >= 0.3 is 6.18 Å². The fourth-order valence-electron chi connectivity index (χ4n) is 4.81. The molecule has 1 amide bonds. The molecule has 2 aliphatic rings. The third-order valence-corrected chi connectivity index (χ3v) is 6.92. The van der Waals surface area contributed by atoms with Gasteiger partial charge in [0.25, 0.3) is 5.91 Å². The fraction of sp³-hybridized carbons (Fsp3) is 0.577. The number of hydrogen-bond donors (Lipinski definition) is 1. The Morgan fingerprint density at radius 2 is 1.92 bits per heavy atom. The Hall–Kier alpha value is -2.95. The molecule has 0 atom stereocenters. The maximum absolute atomic E-state index is 15.5. The number of carbonyl (C=O) groups excluding carboxylic acids is 1. The maximum atomic E-state index is 15.5. The first-order valence-electron chi connectivity index (χ1n) is 12.6. The molecule has 0 aromatic carbocycles. The van der Waals surface area contributed by atoms with Gasteiger partial charge in [0.1, 0.15) is 11.4 Å². The van der Waals surface area contributed by atoms with Crippen LogP contribution in [-0.4, -0.2) is 71.5 Å². The number of aromatic nitrogens is 2. The molecule has 202 valence electrons. The molecule has 2 aromatic rings. The van der Waals surface area contributed by atoms with E-state index >= 15 is 4.39 Å². The number of carbonyl (C=O) groups is 1. The van der Waals surface area contributed by atoms with Crippen LogP contribution in [0.15, 0.2) is 36.7 Å². The van der Waals surface area contributed by atoms with Gasteiger partial charge in [0.2, 0.25) is 5.88 Å². The van der Waals surface area contributed by atoms with E-state index in [1.165, 1.54) is 12.3 Å². The Balaban J connectivity index is 1.17. The molecule has 7 nitrogen and oxygen atoms in total. The van der Waals surface area contributed by atoms with Crippen molar-refractivity contribution in [3.8, 4) is 11.6 Å². The molecule has 1 aliphatic carbocycles. The van der Waals surface area contributed by atoms with Crippen molar-refractivity contribution in [1.29, 1.82) is 0 Å². The Kier molecular flexibility index (Phi) is 8.83. The van der Waals surface area contributed by atoms with Gasteiger partial charge < -0.3 is 19.7 Å². The normalized spacial score (nSPS) is 22.5. The van der Waals surface area contributed by atoms with Crippen LogP contribution in [0.5, 0.6) is 11.6 Å². The second-order valence-corrected chi connectivity index (χ2v) is 9.72. The summed E-state index contributed by atoms with van der Waals surface area (Å²) < 4.78 is 63.0. The van der Waals surface area contributed by atoms with Crippen molar-refractivity contribution in [1.82, 2.24) is 20.2 Å². The lowest BCUT2D eigenvalue weighted by molar-refractivity contribution is -0.154. The first-order chi connectivity index (χ1) is 17.7. The number of fused-ring (bicyclic) bond motifs is 1. The van der Waals surface area contributed by atoms with Crippen molar-refractivity contribution in [3.05, 3.63) is 47.9 Å². The minimum absolute atomic E-state index is 0.0280. The van der Waals surface area contributed by atoms with E-state index in [0.29, 0.717) is 63.8 Å². The van der Waals surface area contributed by atoms with Gasteiger partial charge in [-0.1, -0.05) is 6.07 Å². The number of hydrogen-bond acceptors (Lipinski definition) is 6. The quantitative estimate of drug-likeness (QED) is 0.499. The van der Waals surface area contributed by atoms with Crippen LogP contribution in [0.2, 0.25) is 0 Å². The van der Waals surface area contributed by atoms with E-state index in [1.807, 2.05) is 0 Å². The minimum atomic E-state index is -4.41. The summed E-state index contributed by atoms with van der Waals surface area (Å²) in [5, 5.41) is 2.93. The molecule has 0 unspecified atom stereocenters. The van der Waals surface area contributed by atoms with Crippen LogP contribution >= 0.6 is 0 Å². The number of amides is 1. The average molecular weight is 525 g/mol. The maximum Gasteiger partial charge on any atom is 0.422 e. The van der Waals surface area contributed by atoms with E-state index in [4.69, 9.17) is 9.47 Å². The molecule has 3 heterocycles. The number of alkyl halides is 4. The number of pyridine rings is 2. The topological polar surface area (TPSA) is 76.6 Å². The molecule has 0 spiro atoms. The van der Waals surface area contributed by atoms with Gasteiger partial charge in [-0.25, -0.2) is 9.37 Å². The van der Waals surface area contributed by atoms with Crippen LogP contribution in [0.1, 0.15) is 43.4 Å². The molecule has 11 heteroatoms. The van der Waals surface area contributed by atoms with Crippen LogP contribution in [0.3, 0.4) is 0 Å². The average Bonchev–Trinajstić information content (AvgIpc) is 3.09. The second-order valence-electron chi connectivity index (χ2n) is 9.72. The number of rotatable bonds is 9. The van der Waals surface area contributed by atoms with Crippen LogP contribution in [0, 0.1) is 0 Å². The van der Waals surface area contributed by atoms with E-state index < -0.39 is 18.5 Å². The lowest BCUT2D eigenvalue weighted by Crippen LogP contribution is -2.44. The summed E-state index contributed by atoms with van der Waals surface area (Å²) in [7, 11) is 0. The van der Waals surface area contributed by atoms with E-state index in [2.05, 4.69) is 20.2 Å². The van der Waals surface area contributed by atoms with Crippen LogP contribution in [0.25, 0.3) is 0 Å². The molecule has 37 heavy (non-hydrogen) atoms. The predicted molar refractivity (Wildman–Crippen MR) is 128 cm³/mol. The molecule has 1 aliphatic heterocycles. The highest BCUT2D eigenvalue weighted by molar-refractivity contribution is 5.77. The molecule has 0 bridgehead atoms. The van der Waals surface area contributed by atoms with E-state index in [9.17, 15) is 18.0 Å². The van der Waals surface area contributed by atoms with Crippen molar-refractivity contribution >= 4 is 5.91 Å². The summed E-state index contributed by atoms with van der Waals surface area (Å²) >= 11 is 0. The number of ether oxygens (including phenoxy) is 2. The molecule has 0 radical (unpaired) electrons. The van der Waals surface area contributed by atoms with Crippen molar-refractivity contribution < 1.29 is 31.8 Å². The highest BCUT2D eigenvalue weighted by Crippen LogP contribution is 2.35. The Morgan fingerprint density at radius 3 is 2.65 bits per heavy atom. The smallest absolute Gasteiger partial charge is 0.422 e. The second kappa shape index (κ2) is 12.1. The van der Waals surface area contributed by atoms with Gasteiger partial charge in [0.15, 0.2) is 13.2 Å². The summed E-state index contributed by atoms with van der Waals surface area (Å²) in [5.74, 6) is 0.260. The first kappa shape index (κ1) is 27.1. The summed E-state index contributed by atoms with van der Waals surface area (Å²) in [6.45, 7) is 0.522. The molecular formula is C26H32F4N4O3. The Morgan fingerprint density at radius 1 is 1.14 bits per heavy atom. The number of nitrogens with one attached hydrogen (secondary N) is 1. The van der Waals surface area contributed by atoms with Gasteiger partial charge in [-0.05, 0) is 56.2 Å². The lowest BCUT2D eigenvalue weighted by atomic mass is 9.81. The van der Waals surface area contributed by atoms with Crippen LogP contribution < -0.4 is 14.8 Å². The monoisotopic (exact) mass is 524 g/mol. The SMILES string of the molecule is O=C(COc1cccnc1)NC1CCC(F)(CCN2CCc3ccc(OCC(F)(F)F)nc3CC2)CC1. The van der Waals surface area contributed by atoms with Crippen molar-refractivity contribution in [2.24, 2.45) is 0 Å². The highest BCUT2D eigenvalue weighted by atomic mass is 19.4. The van der Waals surface area contributed by atoms with Gasteiger partial charge in [-0.2, -0.15) is 13.2 Å². The highest BCUT2D eigenvalue weighted by Gasteiger charge is 2.36. The molecule has 1 fully saturated rings. The third kappa shape index (κ3) is 8.55. The Bertz CT molecular complexity index is 1030. The van der Waals surface area contributed by atoms with Gasteiger partial charge in [-0.3, -0.25) is 9.78 Å². The van der Waals surface area contributed by atoms with Crippen LogP contribution in [-0.2, 0) is 17.6 Å². The zero-order chi connectivity index (χ0) is 26.3. The minimum Gasteiger partial charge on any atom is -0.482 e. The van der Waals surface area contributed by atoms with E-state index in [0.717, 1.165) is 17.8 Å². The van der Waals surface area contributed by atoms with Crippen molar-refractivity contribution in [2.75, 3.05) is 32.8 Å². The Labute approximate surface area is 213 Å². The molecule has 2 aromatic heterocycles. The van der Waals surface area contributed by atoms with Crippen molar-refractivity contribution in [3.63, 3.8) is 0 Å². The zero-order valence-corrected chi connectivity index (χ0v) is 20.6. The molecule has 1 saturated carbocycles. The van der Waals surface area contributed by atoms with E-state index in [1.54, 1.807) is 24.4 Å². The standard InChI is InChI=1S/C26H32F4N4O3/c27-25(9-5-20(6-10-25)32-23(35)17-36-21-2-1-12-31-16-21)11-15-34-13-7-19-3-4-24(33-22(19)8-14-34)37-18-26(28,29)30/h1-4,12,16,20H,5-11,13-15,17-18H2,(H,32,35). The van der Waals surface area contributed by atoms with Gasteiger partial charge in [-0.15, -0.1) is 0 Å². The molecular weight excluding hydrogens is 492 g/mol. The van der Waals surface area contributed by atoms with E-state index in [-0.39, 0.29) is 24.4 Å². The zero-order valence-electron chi connectivity index (χ0n) is 20.6. The summed E-state index contributed by atoms with van der Waals surface area (Å²) in [4.78, 5) is 22.6. The summed E-state index contributed by atoms with van der Waals surface area (Å²) in [6.07, 6.45) is 2.36. The number of halogens is 4. The largest absolute Gasteiger partial charge is 0.482 e. The summed E-state index contributed by atoms with van der Waals surface area (Å²) in [6, 6.07) is 6.62. The molecule has 1 N–H and O–H groups in total. The lowest BCUT2D eigenvalue weighted by Gasteiger charge is -2.35. The molecule has 4 rings (SSSR count). The fourth-order valence-corrected chi connectivity index (χ4v) is 4.81. The molecule has 0 saturated heterocycles. The predicted octanol–water partition coefficient (Wildman–Crippen LogP) is 4.05. The van der Waals surface area contributed by atoms with Crippen LogP contribution in [0.4, 0.5) is 17.6 Å². The van der Waals surface area contributed by atoms with Gasteiger partial charge in [0, 0.05) is 50.1 Å². The van der Waals surface area contributed by atoms with Crippen molar-refractivity contribution in [2.45, 2.75) is 62.8 Å². The van der Waals surface area contributed by atoms with Gasteiger partial charge in [0.05, 0.1) is 6.20 Å². The third-order valence-electron chi connectivity index (χ3n) is 6.92. The first-order valence-corrected chi connectivity index (χ1v) is 12.6.